The summed E-state index contributed by atoms with van der Waals surface area (Å²) in [5, 5.41) is 13.5. The zero-order valence-corrected chi connectivity index (χ0v) is 10.0. The van der Waals surface area contributed by atoms with E-state index in [0.717, 1.165) is 36.1 Å². The van der Waals surface area contributed by atoms with Gasteiger partial charge in [-0.05, 0) is 37.0 Å². The Kier molecular flexibility index (Phi) is 2.76. The van der Waals surface area contributed by atoms with Crippen LogP contribution in [0.3, 0.4) is 0 Å². The molecule has 18 heavy (non-hydrogen) atoms. The van der Waals surface area contributed by atoms with Gasteiger partial charge in [-0.1, -0.05) is 0 Å². The molecule has 0 saturated heterocycles. The lowest BCUT2D eigenvalue weighted by molar-refractivity contribution is 0.0486. The third-order valence-corrected chi connectivity index (χ3v) is 3.43. The molecule has 1 saturated carbocycles. The summed E-state index contributed by atoms with van der Waals surface area (Å²) in [6.07, 6.45) is 3.18. The van der Waals surface area contributed by atoms with Gasteiger partial charge < -0.3 is 16.2 Å². The van der Waals surface area contributed by atoms with Gasteiger partial charge in [-0.3, -0.25) is 0 Å². The van der Waals surface area contributed by atoms with E-state index in [0.29, 0.717) is 11.6 Å². The topological polar surface area (TPSA) is 84.1 Å². The van der Waals surface area contributed by atoms with Gasteiger partial charge in [0, 0.05) is 17.6 Å². The highest BCUT2D eigenvalue weighted by atomic mass is 16.3. The van der Waals surface area contributed by atoms with E-state index in [1.165, 1.54) is 0 Å². The van der Waals surface area contributed by atoms with Gasteiger partial charge in [0.2, 0.25) is 0 Å². The molecular weight excluding hydrogens is 228 g/mol. The fourth-order valence-electron chi connectivity index (χ4n) is 2.32. The van der Waals surface area contributed by atoms with Crippen LogP contribution in [-0.4, -0.2) is 27.7 Å². The van der Waals surface area contributed by atoms with E-state index in [2.05, 4.69) is 15.3 Å². The van der Waals surface area contributed by atoms with E-state index in [9.17, 15) is 5.11 Å². The Morgan fingerprint density at radius 1 is 1.33 bits per heavy atom. The average molecular weight is 244 g/mol. The summed E-state index contributed by atoms with van der Waals surface area (Å²) in [6, 6.07) is 5.61. The van der Waals surface area contributed by atoms with Crippen LogP contribution < -0.4 is 11.1 Å². The van der Waals surface area contributed by atoms with Crippen molar-refractivity contribution < 1.29 is 5.11 Å². The molecule has 0 atom stereocenters. The standard InChI is InChI=1S/C13H16N4O/c14-9-1-2-12-11(5-9)13(17-7-16-12)15-6-8-3-10(18)4-8/h1-2,5,7-8,10,18H,3-4,6,14H2,(H,15,16,17). The maximum Gasteiger partial charge on any atom is 0.137 e. The molecular formula is C13H16N4O. The molecule has 2 aromatic rings. The molecule has 1 aromatic carbocycles. The van der Waals surface area contributed by atoms with Crippen LogP contribution in [0.4, 0.5) is 11.5 Å². The fourth-order valence-corrected chi connectivity index (χ4v) is 2.32. The molecule has 0 spiro atoms. The first-order valence-corrected chi connectivity index (χ1v) is 6.14. The third-order valence-electron chi connectivity index (χ3n) is 3.43. The van der Waals surface area contributed by atoms with Crippen molar-refractivity contribution in [3.8, 4) is 0 Å². The second-order valence-electron chi connectivity index (χ2n) is 4.87. The van der Waals surface area contributed by atoms with Crippen molar-refractivity contribution in [2.75, 3.05) is 17.6 Å². The van der Waals surface area contributed by atoms with Crippen LogP contribution in [0.15, 0.2) is 24.5 Å². The van der Waals surface area contributed by atoms with Crippen LogP contribution in [0, 0.1) is 5.92 Å². The molecule has 0 radical (unpaired) electrons. The summed E-state index contributed by atoms with van der Waals surface area (Å²) in [5.74, 6) is 1.35. The predicted molar refractivity (Wildman–Crippen MR) is 71.2 cm³/mol. The van der Waals surface area contributed by atoms with E-state index >= 15 is 0 Å². The number of benzene rings is 1. The zero-order chi connectivity index (χ0) is 12.5. The van der Waals surface area contributed by atoms with E-state index in [4.69, 9.17) is 5.73 Å². The maximum absolute atomic E-state index is 9.25. The summed E-state index contributed by atoms with van der Waals surface area (Å²) in [5.41, 5.74) is 7.38. The molecule has 4 N–H and O–H groups in total. The lowest BCUT2D eigenvalue weighted by atomic mass is 9.82. The van der Waals surface area contributed by atoms with Crippen LogP contribution in [0.1, 0.15) is 12.8 Å². The molecule has 5 heteroatoms. The van der Waals surface area contributed by atoms with Crippen LogP contribution in [0.25, 0.3) is 10.9 Å². The number of aromatic nitrogens is 2. The molecule has 0 bridgehead atoms. The number of nitrogens with one attached hydrogen (secondary N) is 1. The Balaban J connectivity index is 1.80. The van der Waals surface area contributed by atoms with Crippen LogP contribution in [0.2, 0.25) is 0 Å². The van der Waals surface area contributed by atoms with Gasteiger partial charge in [-0.2, -0.15) is 0 Å². The Morgan fingerprint density at radius 2 is 2.17 bits per heavy atom. The fraction of sp³-hybridized carbons (Fsp3) is 0.385. The second kappa shape index (κ2) is 4.42. The normalized spacial score (nSPS) is 22.7. The summed E-state index contributed by atoms with van der Waals surface area (Å²) >= 11 is 0. The molecule has 0 amide bonds. The largest absolute Gasteiger partial charge is 0.399 e. The highest BCUT2D eigenvalue weighted by Gasteiger charge is 2.26. The second-order valence-corrected chi connectivity index (χ2v) is 4.87. The summed E-state index contributed by atoms with van der Waals surface area (Å²) < 4.78 is 0. The van der Waals surface area contributed by atoms with E-state index < -0.39 is 0 Å². The number of rotatable bonds is 3. The van der Waals surface area contributed by atoms with Crippen molar-refractivity contribution in [1.82, 2.24) is 9.97 Å². The first-order chi connectivity index (χ1) is 8.72. The monoisotopic (exact) mass is 244 g/mol. The van der Waals surface area contributed by atoms with Crippen LogP contribution >= 0.6 is 0 Å². The highest BCUT2D eigenvalue weighted by molar-refractivity contribution is 5.91. The van der Waals surface area contributed by atoms with Crippen molar-refractivity contribution >= 4 is 22.4 Å². The Bertz CT molecular complexity index is 566. The maximum atomic E-state index is 9.25. The van der Waals surface area contributed by atoms with Gasteiger partial charge >= 0.3 is 0 Å². The van der Waals surface area contributed by atoms with E-state index in [1.807, 2.05) is 18.2 Å². The number of anilines is 2. The number of hydrogen-bond acceptors (Lipinski definition) is 5. The molecule has 5 nitrogen and oxygen atoms in total. The molecule has 94 valence electrons. The van der Waals surface area contributed by atoms with Crippen molar-refractivity contribution in [3.05, 3.63) is 24.5 Å². The van der Waals surface area contributed by atoms with Crippen molar-refractivity contribution in [2.24, 2.45) is 5.92 Å². The molecule has 1 fully saturated rings. The number of aliphatic hydroxyl groups excluding tert-OH is 1. The number of fused-ring (bicyclic) bond motifs is 1. The van der Waals surface area contributed by atoms with Crippen LogP contribution in [-0.2, 0) is 0 Å². The zero-order valence-electron chi connectivity index (χ0n) is 10.0. The predicted octanol–water partition coefficient (Wildman–Crippen LogP) is 1.39. The summed E-state index contributed by atoms with van der Waals surface area (Å²) in [4.78, 5) is 8.47. The minimum absolute atomic E-state index is 0.116. The number of nitrogen functional groups attached to an aromatic ring is 1. The lowest BCUT2D eigenvalue weighted by Gasteiger charge is -2.31. The number of hydrogen-bond donors (Lipinski definition) is 3. The van der Waals surface area contributed by atoms with Gasteiger partial charge in [0.1, 0.15) is 12.1 Å². The van der Waals surface area contributed by atoms with E-state index in [1.54, 1.807) is 6.33 Å². The quantitative estimate of drug-likeness (QED) is 0.711. The third kappa shape index (κ3) is 2.09. The molecule has 1 aliphatic carbocycles. The molecule has 0 aliphatic heterocycles. The molecule has 1 heterocycles. The van der Waals surface area contributed by atoms with Gasteiger partial charge in [0.05, 0.1) is 11.6 Å². The first kappa shape index (κ1) is 11.2. The van der Waals surface area contributed by atoms with Gasteiger partial charge in [-0.15, -0.1) is 0 Å². The summed E-state index contributed by atoms with van der Waals surface area (Å²) in [6.45, 7) is 0.831. The average Bonchev–Trinajstić information content (AvgIpc) is 2.33. The minimum atomic E-state index is -0.116. The number of aliphatic hydroxyl groups is 1. The smallest absolute Gasteiger partial charge is 0.137 e. The number of nitrogens with zero attached hydrogens (tertiary/aromatic N) is 2. The van der Waals surface area contributed by atoms with Crippen molar-refractivity contribution in [1.29, 1.82) is 0 Å². The van der Waals surface area contributed by atoms with E-state index in [-0.39, 0.29) is 6.10 Å². The van der Waals surface area contributed by atoms with Crippen molar-refractivity contribution in [2.45, 2.75) is 18.9 Å². The Morgan fingerprint density at radius 3 is 2.94 bits per heavy atom. The minimum Gasteiger partial charge on any atom is -0.399 e. The lowest BCUT2D eigenvalue weighted by Crippen LogP contribution is -2.33. The van der Waals surface area contributed by atoms with Crippen molar-refractivity contribution in [3.63, 3.8) is 0 Å². The first-order valence-electron chi connectivity index (χ1n) is 6.14. The molecule has 1 aliphatic rings. The van der Waals surface area contributed by atoms with Crippen LogP contribution in [0.5, 0.6) is 0 Å². The summed E-state index contributed by atoms with van der Waals surface area (Å²) in [7, 11) is 0. The van der Waals surface area contributed by atoms with Gasteiger partial charge in [0.25, 0.3) is 0 Å². The van der Waals surface area contributed by atoms with Gasteiger partial charge in [0.15, 0.2) is 0 Å². The number of nitrogens with two attached hydrogens (primary N) is 1. The SMILES string of the molecule is Nc1ccc2ncnc(NCC3CC(O)C3)c2c1. The Labute approximate surface area is 105 Å². The molecule has 0 unspecified atom stereocenters. The molecule has 1 aromatic heterocycles. The Hall–Kier alpha value is -1.88. The molecule has 3 rings (SSSR count). The van der Waals surface area contributed by atoms with Gasteiger partial charge in [-0.25, -0.2) is 9.97 Å². The highest BCUT2D eigenvalue weighted by Crippen LogP contribution is 2.28.